The van der Waals surface area contributed by atoms with Crippen molar-refractivity contribution in [2.75, 3.05) is 26.2 Å². The van der Waals surface area contributed by atoms with Crippen LogP contribution in [0.2, 0.25) is 0 Å². The third-order valence-electron chi connectivity index (χ3n) is 5.72. The highest BCUT2D eigenvalue weighted by Gasteiger charge is 2.22. The molecule has 0 unspecified atom stereocenters. The maximum Gasteiger partial charge on any atom is 0.408 e. The van der Waals surface area contributed by atoms with E-state index in [0.717, 1.165) is 43.1 Å². The van der Waals surface area contributed by atoms with E-state index in [2.05, 4.69) is 31.4 Å². The van der Waals surface area contributed by atoms with Crippen molar-refractivity contribution in [2.24, 2.45) is 4.99 Å². The van der Waals surface area contributed by atoms with Crippen molar-refractivity contribution in [1.82, 2.24) is 31.0 Å². The first-order valence-electron chi connectivity index (χ1n) is 12.0. The quantitative estimate of drug-likeness (QED) is 0.241. The molecular formula is C25H29N7O5. The molecule has 4 rings (SSSR count). The first-order valence-corrected chi connectivity index (χ1v) is 12.0. The number of ether oxygens (including phenoxy) is 1. The van der Waals surface area contributed by atoms with E-state index in [1.54, 1.807) is 42.6 Å². The predicted octanol–water partition coefficient (Wildman–Crippen LogP) is 1.08. The highest BCUT2D eigenvalue weighted by Crippen LogP contribution is 2.19. The number of carboxylic acid groups (broad SMARTS) is 1. The van der Waals surface area contributed by atoms with Crippen molar-refractivity contribution >= 4 is 34.8 Å². The minimum absolute atomic E-state index is 0.000931. The Morgan fingerprint density at radius 2 is 1.97 bits per heavy atom. The maximum absolute atomic E-state index is 12.9. The van der Waals surface area contributed by atoms with Gasteiger partial charge in [0.25, 0.3) is 5.91 Å². The first kappa shape index (κ1) is 25.5. The van der Waals surface area contributed by atoms with Gasteiger partial charge in [0, 0.05) is 31.6 Å². The summed E-state index contributed by atoms with van der Waals surface area (Å²) in [5, 5.41) is 25.8. The maximum atomic E-state index is 12.9. The Balaban J connectivity index is 1.30. The second kappa shape index (κ2) is 12.4. The van der Waals surface area contributed by atoms with E-state index in [1.165, 1.54) is 0 Å². The van der Waals surface area contributed by atoms with Gasteiger partial charge in [-0.15, -0.1) is 0 Å². The van der Waals surface area contributed by atoms with Crippen molar-refractivity contribution in [3.63, 3.8) is 0 Å². The van der Waals surface area contributed by atoms with Gasteiger partial charge in [-0.1, -0.05) is 36.4 Å². The van der Waals surface area contributed by atoms with Crippen molar-refractivity contribution < 1.29 is 24.2 Å². The Kier molecular flexibility index (Phi) is 8.53. The molecule has 3 aromatic rings. The Bertz CT molecular complexity index is 1270. The number of hydrogen-bond donors (Lipinski definition) is 5. The number of aryl methyl sites for hydroxylation is 1. The van der Waals surface area contributed by atoms with E-state index < -0.39 is 24.0 Å². The van der Waals surface area contributed by atoms with Crippen LogP contribution in [0.4, 0.5) is 4.79 Å². The molecule has 1 aliphatic rings. The van der Waals surface area contributed by atoms with Gasteiger partial charge in [0.05, 0.1) is 23.8 Å². The lowest BCUT2D eigenvalue weighted by atomic mass is 10.1. The van der Waals surface area contributed by atoms with Crippen molar-refractivity contribution in [3.8, 4) is 0 Å². The molecule has 12 heteroatoms. The number of aliphatic carboxylic acids is 1. The minimum Gasteiger partial charge on any atom is -0.480 e. The number of guanidine groups is 1. The monoisotopic (exact) mass is 507 g/mol. The fourth-order valence-electron chi connectivity index (χ4n) is 3.83. The highest BCUT2D eigenvalue weighted by molar-refractivity contribution is 6.06. The predicted molar refractivity (Wildman–Crippen MR) is 136 cm³/mol. The molecule has 0 saturated carbocycles. The summed E-state index contributed by atoms with van der Waals surface area (Å²) in [5.74, 6) is -0.957. The zero-order chi connectivity index (χ0) is 26.0. The van der Waals surface area contributed by atoms with Crippen LogP contribution < -0.4 is 21.3 Å². The van der Waals surface area contributed by atoms with E-state index in [1.807, 2.05) is 16.8 Å². The Hall–Kier alpha value is -4.61. The number of amides is 2. The van der Waals surface area contributed by atoms with Crippen LogP contribution in [0.3, 0.4) is 0 Å². The highest BCUT2D eigenvalue weighted by atomic mass is 16.5. The number of carbonyl (C=O) groups is 3. The SMILES string of the molecule is O=C(N[C@@H](CNC(=O)c1cccc2c1cnn2CCCNC1=NCCN1)C(=O)O)OCc1ccccc1. The molecule has 2 heterocycles. The molecule has 0 bridgehead atoms. The molecule has 1 atom stereocenters. The Morgan fingerprint density at radius 3 is 2.73 bits per heavy atom. The fourth-order valence-corrected chi connectivity index (χ4v) is 3.83. The number of carbonyl (C=O) groups excluding carboxylic acids is 2. The lowest BCUT2D eigenvalue weighted by Crippen LogP contribution is -2.48. The van der Waals surface area contributed by atoms with E-state index >= 15 is 0 Å². The van der Waals surface area contributed by atoms with Gasteiger partial charge in [0.1, 0.15) is 12.6 Å². The molecular weight excluding hydrogens is 478 g/mol. The fraction of sp³-hybridized carbons (Fsp3) is 0.320. The van der Waals surface area contributed by atoms with Crippen molar-refractivity contribution in [1.29, 1.82) is 0 Å². The number of aromatic nitrogens is 2. The topological polar surface area (TPSA) is 159 Å². The number of aliphatic imine (C=N–C) groups is 1. The van der Waals surface area contributed by atoms with Gasteiger partial charge in [-0.25, -0.2) is 9.59 Å². The van der Waals surface area contributed by atoms with Crippen LogP contribution in [0.1, 0.15) is 22.3 Å². The number of alkyl carbamates (subject to hydrolysis) is 1. The number of hydrogen-bond acceptors (Lipinski definition) is 8. The van der Waals surface area contributed by atoms with Gasteiger partial charge in [0.2, 0.25) is 0 Å². The summed E-state index contributed by atoms with van der Waals surface area (Å²) < 4.78 is 6.90. The molecule has 0 spiro atoms. The largest absolute Gasteiger partial charge is 0.480 e. The van der Waals surface area contributed by atoms with Crippen molar-refractivity contribution in [2.45, 2.75) is 25.6 Å². The summed E-state index contributed by atoms with van der Waals surface area (Å²) in [5.41, 5.74) is 1.92. The van der Waals surface area contributed by atoms with E-state index in [9.17, 15) is 19.5 Å². The summed E-state index contributed by atoms with van der Waals surface area (Å²) in [4.78, 5) is 40.9. The normalized spacial score (nSPS) is 13.4. The summed E-state index contributed by atoms with van der Waals surface area (Å²) in [6.07, 6.45) is 1.54. The zero-order valence-electron chi connectivity index (χ0n) is 20.1. The molecule has 0 saturated heterocycles. The second-order valence-corrected chi connectivity index (χ2v) is 8.35. The van der Waals surface area contributed by atoms with Gasteiger partial charge in [-0.05, 0) is 24.1 Å². The van der Waals surface area contributed by atoms with Crippen LogP contribution in [0.15, 0.2) is 59.7 Å². The molecule has 2 aromatic carbocycles. The Labute approximate surface area is 213 Å². The molecule has 2 amide bonds. The molecule has 1 aliphatic heterocycles. The number of nitrogens with one attached hydrogen (secondary N) is 4. The standard InChI is InChI=1S/C25H29N7O5/c33-22(29-15-20(23(34)35)31-25(36)37-16-17-6-2-1-3-7-17)18-8-4-9-21-19(18)14-30-32(21)13-5-10-26-24-27-11-12-28-24/h1-4,6-9,14,20H,5,10-13,15-16H2,(H,29,33)(H,31,36)(H,34,35)(H2,26,27,28)/t20-/m0/s1. The number of fused-ring (bicyclic) bond motifs is 1. The summed E-state index contributed by atoms with van der Waals surface area (Å²) in [6.45, 7) is 2.68. The lowest BCUT2D eigenvalue weighted by molar-refractivity contribution is -0.139. The molecule has 0 fully saturated rings. The van der Waals surface area contributed by atoms with Gasteiger partial charge in [0.15, 0.2) is 5.96 Å². The smallest absolute Gasteiger partial charge is 0.408 e. The van der Waals surface area contributed by atoms with Crippen LogP contribution in [-0.4, -0.2) is 71.0 Å². The number of carboxylic acids is 1. The second-order valence-electron chi connectivity index (χ2n) is 8.35. The van der Waals surface area contributed by atoms with Crippen LogP contribution in [0.25, 0.3) is 10.9 Å². The van der Waals surface area contributed by atoms with Crippen LogP contribution in [0, 0.1) is 0 Å². The third-order valence-corrected chi connectivity index (χ3v) is 5.72. The average molecular weight is 508 g/mol. The summed E-state index contributed by atoms with van der Waals surface area (Å²) >= 11 is 0. The number of benzene rings is 2. The molecule has 1 aromatic heterocycles. The average Bonchev–Trinajstić information content (AvgIpc) is 3.58. The van der Waals surface area contributed by atoms with Crippen LogP contribution >= 0.6 is 0 Å². The van der Waals surface area contributed by atoms with Gasteiger partial charge >= 0.3 is 12.1 Å². The van der Waals surface area contributed by atoms with E-state index in [-0.39, 0.29) is 13.2 Å². The van der Waals surface area contributed by atoms with Crippen molar-refractivity contribution in [3.05, 3.63) is 65.9 Å². The van der Waals surface area contributed by atoms with E-state index in [0.29, 0.717) is 17.5 Å². The van der Waals surface area contributed by atoms with E-state index in [4.69, 9.17) is 4.74 Å². The third kappa shape index (κ3) is 6.97. The van der Waals surface area contributed by atoms with Gasteiger partial charge in [-0.2, -0.15) is 5.10 Å². The minimum atomic E-state index is -1.36. The molecule has 5 N–H and O–H groups in total. The zero-order valence-corrected chi connectivity index (χ0v) is 20.1. The molecule has 12 nitrogen and oxygen atoms in total. The lowest BCUT2D eigenvalue weighted by Gasteiger charge is -2.15. The Morgan fingerprint density at radius 1 is 1.14 bits per heavy atom. The van der Waals surface area contributed by atoms with Gasteiger partial charge < -0.3 is 31.1 Å². The number of nitrogens with zero attached hydrogens (tertiary/aromatic N) is 3. The van der Waals surface area contributed by atoms with Gasteiger partial charge in [-0.3, -0.25) is 14.5 Å². The van der Waals surface area contributed by atoms with Crippen LogP contribution in [0.5, 0.6) is 0 Å². The summed E-state index contributed by atoms with van der Waals surface area (Å²) in [6, 6.07) is 12.9. The summed E-state index contributed by atoms with van der Waals surface area (Å²) in [7, 11) is 0. The molecule has 0 radical (unpaired) electrons. The molecule has 37 heavy (non-hydrogen) atoms. The molecule has 0 aliphatic carbocycles. The first-order chi connectivity index (χ1) is 18.0. The number of rotatable bonds is 11. The van der Waals surface area contributed by atoms with Crippen LogP contribution in [-0.2, 0) is 22.7 Å². The molecule has 194 valence electrons.